The number of amides is 6. The van der Waals surface area contributed by atoms with Crippen LogP contribution in [0.25, 0.3) is 10.9 Å². The van der Waals surface area contributed by atoms with Crippen molar-refractivity contribution >= 4 is 70.0 Å². The number of H-pyrrole nitrogens is 1. The molecule has 6 amide bonds. The highest BCUT2D eigenvalue weighted by Gasteiger charge is 2.32. The van der Waals surface area contributed by atoms with E-state index >= 15 is 0 Å². The van der Waals surface area contributed by atoms with Crippen LogP contribution in [0.5, 0.6) is 0 Å². The fourth-order valence-electron chi connectivity index (χ4n) is 6.43. The molecule has 14 N–H and O–H groups in total. The van der Waals surface area contributed by atoms with Crippen molar-refractivity contribution < 1.29 is 43.8 Å². The highest BCUT2D eigenvalue weighted by atomic mass is 32.2. The first-order valence-electron chi connectivity index (χ1n) is 19.6. The topological polar surface area (TPSA) is 324 Å². The molecule has 1 fully saturated rings. The predicted octanol–water partition coefficient (Wildman–Crippen LogP) is -2.07. The number of aliphatic carboxylic acids is 1. The van der Waals surface area contributed by atoms with Gasteiger partial charge in [-0.05, 0) is 74.6 Å². The van der Waals surface area contributed by atoms with Gasteiger partial charge in [0.05, 0.1) is 19.2 Å². The Morgan fingerprint density at radius 1 is 0.881 bits per heavy atom. The Bertz CT molecular complexity index is 1780. The summed E-state index contributed by atoms with van der Waals surface area (Å²) in [5, 5.41) is 39.1. The molecule has 1 aliphatic rings. The third kappa shape index (κ3) is 16.0. The first-order valence-corrected chi connectivity index (χ1v) is 21.0. The van der Waals surface area contributed by atoms with Gasteiger partial charge in [0.15, 0.2) is 5.96 Å². The van der Waals surface area contributed by atoms with E-state index in [2.05, 4.69) is 47.2 Å². The van der Waals surface area contributed by atoms with Crippen molar-refractivity contribution in [1.82, 2.24) is 42.2 Å². The molecule has 20 nitrogen and oxygen atoms in total. The highest BCUT2D eigenvalue weighted by Crippen LogP contribution is 2.19. The quantitative estimate of drug-likeness (QED) is 0.0291. The number of para-hydroxylation sites is 1. The van der Waals surface area contributed by atoms with E-state index in [1.54, 1.807) is 12.3 Å². The Hall–Kier alpha value is -5.41. The maximum absolute atomic E-state index is 13.9. The maximum atomic E-state index is 13.9. The van der Waals surface area contributed by atoms with Crippen LogP contribution in [0.2, 0.25) is 0 Å². The Morgan fingerprint density at radius 2 is 1.56 bits per heavy atom. The first kappa shape index (κ1) is 48.0. The number of nitrogens with two attached hydrogens (primary N) is 2. The van der Waals surface area contributed by atoms with Gasteiger partial charge in [-0.3, -0.25) is 33.8 Å². The minimum Gasteiger partial charge on any atom is -0.480 e. The Kier molecular flexibility index (Phi) is 19.9. The lowest BCUT2D eigenvalue weighted by Crippen LogP contribution is -2.59. The smallest absolute Gasteiger partial charge is 0.326 e. The minimum absolute atomic E-state index is 0.0523. The van der Waals surface area contributed by atoms with Gasteiger partial charge in [-0.1, -0.05) is 32.0 Å². The van der Waals surface area contributed by atoms with Gasteiger partial charge >= 0.3 is 5.97 Å². The lowest BCUT2D eigenvalue weighted by atomic mass is 10.0. The van der Waals surface area contributed by atoms with E-state index in [0.29, 0.717) is 30.7 Å². The highest BCUT2D eigenvalue weighted by molar-refractivity contribution is 7.98. The number of carbonyl (C=O) groups excluding carboxylic acids is 6. The van der Waals surface area contributed by atoms with Crippen LogP contribution in [0.3, 0.4) is 0 Å². The van der Waals surface area contributed by atoms with Crippen molar-refractivity contribution in [2.24, 2.45) is 22.4 Å². The number of guanidine groups is 1. The molecule has 1 aliphatic heterocycles. The zero-order valence-electron chi connectivity index (χ0n) is 33.7. The number of carboxylic acid groups (broad SMARTS) is 1. The summed E-state index contributed by atoms with van der Waals surface area (Å²) in [7, 11) is 0. The predicted molar refractivity (Wildman–Crippen MR) is 223 cm³/mol. The molecule has 0 aliphatic carbocycles. The zero-order chi connectivity index (χ0) is 43.5. The van der Waals surface area contributed by atoms with E-state index in [4.69, 9.17) is 11.5 Å². The number of fused-ring (bicyclic) bond motifs is 1. The van der Waals surface area contributed by atoms with Crippen LogP contribution >= 0.6 is 11.8 Å². The molecule has 59 heavy (non-hydrogen) atoms. The molecule has 0 bridgehead atoms. The third-order valence-corrected chi connectivity index (χ3v) is 10.2. The van der Waals surface area contributed by atoms with Gasteiger partial charge in [-0.15, -0.1) is 0 Å². The number of hydrogen-bond acceptors (Lipinski definition) is 11. The van der Waals surface area contributed by atoms with Crippen molar-refractivity contribution in [3.63, 3.8) is 0 Å². The van der Waals surface area contributed by atoms with Crippen LogP contribution in [-0.2, 0) is 40.0 Å². The second kappa shape index (κ2) is 24.5. The van der Waals surface area contributed by atoms with Crippen molar-refractivity contribution in [2.45, 2.75) is 95.0 Å². The second-order valence-corrected chi connectivity index (χ2v) is 15.7. The molecule has 21 heteroatoms. The van der Waals surface area contributed by atoms with E-state index in [1.807, 2.05) is 38.3 Å². The third-order valence-electron chi connectivity index (χ3n) is 9.51. The van der Waals surface area contributed by atoms with Crippen LogP contribution in [0.4, 0.5) is 0 Å². The second-order valence-electron chi connectivity index (χ2n) is 14.7. The van der Waals surface area contributed by atoms with Gasteiger partial charge < -0.3 is 63.9 Å². The number of aliphatic hydroxyl groups excluding tert-OH is 1. The van der Waals surface area contributed by atoms with Gasteiger partial charge in [-0.2, -0.15) is 11.8 Å². The Labute approximate surface area is 347 Å². The van der Waals surface area contributed by atoms with Crippen molar-refractivity contribution in [3.05, 3.63) is 36.0 Å². The molecule has 0 saturated carbocycles. The molecular formula is C38H59N11O9S. The molecule has 3 rings (SSSR count). The number of aromatic nitrogens is 1. The number of carbonyl (C=O) groups is 7. The standard InChI is InChI=1S/C38H59N11O9S/c1-21(2)16-28(47-33(53)25-10-6-13-41-25)32(52)44-19-31(51)45-26(12-15-59-3)34(54)48-29(17-22-18-43-24-9-5-4-8-23(22)24)35(55)49-30(20-50)36(56)46-27(37(57)58)11-7-14-42-38(39)40/h4-5,8-9,18,21,25-30,41,43,50H,6-7,10-17,19-20H2,1-3H3,(H,44,52)(H,45,51)(H,46,56)(H,47,53)(H,48,54)(H,49,55)(H,57,58)(H4,39,40,42). The number of benzene rings is 1. The number of carboxylic acids is 1. The van der Waals surface area contributed by atoms with E-state index in [9.17, 15) is 43.8 Å². The largest absolute Gasteiger partial charge is 0.480 e. The lowest BCUT2D eigenvalue weighted by molar-refractivity contribution is -0.142. The van der Waals surface area contributed by atoms with Gasteiger partial charge in [0.1, 0.15) is 30.2 Å². The Balaban J connectivity index is 1.75. The van der Waals surface area contributed by atoms with Gasteiger partial charge in [0, 0.05) is 30.1 Å². The average molecular weight is 846 g/mol. The number of aliphatic hydroxyl groups is 1. The van der Waals surface area contributed by atoms with Gasteiger partial charge in [-0.25, -0.2) is 4.79 Å². The SMILES string of the molecule is CSCCC(NC(=O)CNC(=O)C(CC(C)C)NC(=O)C1CCCN1)C(=O)NC(Cc1c[nH]c2ccccc12)C(=O)NC(CO)C(=O)NC(CCCN=C(N)N)C(=O)O. The molecule has 2 aromatic rings. The minimum atomic E-state index is -1.60. The molecular weight excluding hydrogens is 787 g/mol. The number of thioether (sulfide) groups is 1. The molecule has 0 spiro atoms. The fraction of sp³-hybridized carbons (Fsp3) is 0.579. The number of aliphatic imine (C=N–C) groups is 1. The monoisotopic (exact) mass is 845 g/mol. The summed E-state index contributed by atoms with van der Waals surface area (Å²) < 4.78 is 0. The number of nitrogens with zero attached hydrogens (tertiary/aromatic N) is 1. The molecule has 2 heterocycles. The van der Waals surface area contributed by atoms with E-state index in [1.165, 1.54) is 11.8 Å². The number of rotatable bonds is 25. The molecule has 1 saturated heterocycles. The molecule has 1 aromatic heterocycles. The molecule has 1 aromatic carbocycles. The van der Waals surface area contributed by atoms with Crippen LogP contribution in [0, 0.1) is 5.92 Å². The Morgan fingerprint density at radius 3 is 2.20 bits per heavy atom. The molecule has 0 radical (unpaired) electrons. The number of nitrogens with one attached hydrogen (secondary N) is 8. The average Bonchev–Trinajstić information content (AvgIpc) is 3.89. The maximum Gasteiger partial charge on any atom is 0.326 e. The molecule has 6 atom stereocenters. The fourth-order valence-corrected chi connectivity index (χ4v) is 6.90. The number of aromatic amines is 1. The molecule has 326 valence electrons. The van der Waals surface area contributed by atoms with Crippen LogP contribution in [-0.4, -0.2) is 137 Å². The van der Waals surface area contributed by atoms with Crippen molar-refractivity contribution in [2.75, 3.05) is 38.2 Å². The summed E-state index contributed by atoms with van der Waals surface area (Å²) in [6, 6.07) is 0.503. The first-order chi connectivity index (χ1) is 28.1. The molecule has 6 unspecified atom stereocenters. The van der Waals surface area contributed by atoms with Crippen molar-refractivity contribution in [1.29, 1.82) is 0 Å². The van der Waals surface area contributed by atoms with Gasteiger partial charge in [0.25, 0.3) is 0 Å². The van der Waals surface area contributed by atoms with Crippen LogP contribution in [0.15, 0.2) is 35.5 Å². The van der Waals surface area contributed by atoms with E-state index in [0.717, 1.165) is 17.3 Å². The summed E-state index contributed by atoms with van der Waals surface area (Å²) in [6.07, 6.45) is 5.54. The lowest BCUT2D eigenvalue weighted by Gasteiger charge is -2.26. The van der Waals surface area contributed by atoms with E-state index in [-0.39, 0.29) is 50.0 Å². The van der Waals surface area contributed by atoms with Crippen molar-refractivity contribution in [3.8, 4) is 0 Å². The van der Waals surface area contributed by atoms with Crippen LogP contribution < -0.4 is 48.7 Å². The summed E-state index contributed by atoms with van der Waals surface area (Å²) >= 11 is 1.42. The van der Waals surface area contributed by atoms with E-state index < -0.39 is 84.9 Å². The summed E-state index contributed by atoms with van der Waals surface area (Å²) in [5.41, 5.74) is 12.0. The van der Waals surface area contributed by atoms with Crippen LogP contribution in [0.1, 0.15) is 57.9 Å². The van der Waals surface area contributed by atoms with Gasteiger partial charge in [0.2, 0.25) is 35.4 Å². The summed E-state index contributed by atoms with van der Waals surface area (Å²) in [4.78, 5) is 98.9. The summed E-state index contributed by atoms with van der Waals surface area (Å²) in [6.45, 7) is 3.24. The zero-order valence-corrected chi connectivity index (χ0v) is 34.5. The summed E-state index contributed by atoms with van der Waals surface area (Å²) in [5.74, 6) is -5.15. The normalized spacial score (nSPS) is 16.2. The number of hydrogen-bond donors (Lipinski definition) is 12.